The molecule has 1 aromatic carbocycles. The summed E-state index contributed by atoms with van der Waals surface area (Å²) < 4.78 is 36.5. The largest absolute Gasteiger partial charge is 0.471 e. The van der Waals surface area contributed by atoms with Crippen molar-refractivity contribution in [2.45, 2.75) is 51.1 Å². The van der Waals surface area contributed by atoms with Crippen molar-refractivity contribution >= 4 is 23.2 Å². The summed E-state index contributed by atoms with van der Waals surface area (Å²) in [6.07, 6.45) is 2.49. The van der Waals surface area contributed by atoms with Crippen LogP contribution in [0.1, 0.15) is 44.9 Å². The van der Waals surface area contributed by atoms with Gasteiger partial charge < -0.3 is 10.6 Å². The fraction of sp³-hybridized carbons (Fsp3) is 0.529. The standard InChI is InChI=1S/C17H21F3N2O2/c18-17(19,20)16(24)22-14-9-7-13(8-10-14)21-15(23)11-6-12-4-2-1-3-5-12/h7-10,12H,1-6,11H2,(H,21,23)(H,22,24). The van der Waals surface area contributed by atoms with Gasteiger partial charge in [0.1, 0.15) is 0 Å². The maximum Gasteiger partial charge on any atom is 0.471 e. The quantitative estimate of drug-likeness (QED) is 0.828. The normalized spacial score (nSPS) is 15.8. The summed E-state index contributed by atoms with van der Waals surface area (Å²) in [5, 5.41) is 4.47. The molecular formula is C17H21F3N2O2. The predicted molar refractivity (Wildman–Crippen MR) is 85.6 cm³/mol. The molecule has 0 heterocycles. The molecule has 7 heteroatoms. The lowest BCUT2D eigenvalue weighted by atomic mass is 9.86. The van der Waals surface area contributed by atoms with Gasteiger partial charge in [-0.25, -0.2) is 0 Å². The molecule has 0 aliphatic heterocycles. The van der Waals surface area contributed by atoms with Crippen molar-refractivity contribution in [2.75, 3.05) is 10.6 Å². The third-order valence-corrected chi connectivity index (χ3v) is 4.19. The van der Waals surface area contributed by atoms with E-state index in [0.29, 0.717) is 18.0 Å². The summed E-state index contributed by atoms with van der Waals surface area (Å²) in [5.41, 5.74) is 0.520. The van der Waals surface area contributed by atoms with Gasteiger partial charge in [-0.1, -0.05) is 32.1 Å². The fourth-order valence-corrected chi connectivity index (χ4v) is 2.87. The second-order valence-corrected chi connectivity index (χ2v) is 6.12. The second-order valence-electron chi connectivity index (χ2n) is 6.12. The molecule has 0 spiro atoms. The zero-order chi connectivity index (χ0) is 17.6. The highest BCUT2D eigenvalue weighted by molar-refractivity contribution is 5.95. The van der Waals surface area contributed by atoms with Crippen molar-refractivity contribution in [1.82, 2.24) is 0 Å². The SMILES string of the molecule is O=C(CCC1CCCCC1)Nc1ccc(NC(=O)C(F)(F)F)cc1. The molecular weight excluding hydrogens is 321 g/mol. The van der Waals surface area contributed by atoms with Crippen molar-refractivity contribution in [3.63, 3.8) is 0 Å². The molecule has 1 aliphatic carbocycles. The second kappa shape index (κ2) is 8.17. The van der Waals surface area contributed by atoms with Crippen LogP contribution in [0.2, 0.25) is 0 Å². The van der Waals surface area contributed by atoms with Crippen molar-refractivity contribution < 1.29 is 22.8 Å². The molecule has 1 saturated carbocycles. The number of benzene rings is 1. The Morgan fingerprint density at radius 2 is 1.50 bits per heavy atom. The van der Waals surface area contributed by atoms with Crippen LogP contribution in [0.25, 0.3) is 0 Å². The topological polar surface area (TPSA) is 58.2 Å². The maximum absolute atomic E-state index is 12.2. The van der Waals surface area contributed by atoms with Gasteiger partial charge in [0.25, 0.3) is 0 Å². The Morgan fingerprint density at radius 3 is 2.04 bits per heavy atom. The fourth-order valence-electron chi connectivity index (χ4n) is 2.87. The summed E-state index contributed by atoms with van der Waals surface area (Å²) in [7, 11) is 0. The molecule has 2 rings (SSSR count). The summed E-state index contributed by atoms with van der Waals surface area (Å²) in [6.45, 7) is 0. The highest BCUT2D eigenvalue weighted by Crippen LogP contribution is 2.27. The van der Waals surface area contributed by atoms with E-state index in [1.54, 1.807) is 5.32 Å². The Hall–Kier alpha value is -2.05. The molecule has 0 aromatic heterocycles. The number of hydrogen-bond acceptors (Lipinski definition) is 2. The minimum atomic E-state index is -4.92. The lowest BCUT2D eigenvalue weighted by Gasteiger charge is -2.21. The molecule has 4 nitrogen and oxygen atoms in total. The molecule has 24 heavy (non-hydrogen) atoms. The molecule has 1 aromatic rings. The van der Waals surface area contributed by atoms with Crippen molar-refractivity contribution in [2.24, 2.45) is 5.92 Å². The third kappa shape index (κ3) is 5.86. The van der Waals surface area contributed by atoms with Gasteiger partial charge >= 0.3 is 12.1 Å². The van der Waals surface area contributed by atoms with Crippen molar-refractivity contribution in [1.29, 1.82) is 0 Å². The average Bonchev–Trinajstić information content (AvgIpc) is 2.55. The number of hydrogen-bond donors (Lipinski definition) is 2. The van der Waals surface area contributed by atoms with Crippen LogP contribution < -0.4 is 10.6 Å². The van der Waals surface area contributed by atoms with Gasteiger partial charge in [0.15, 0.2) is 0 Å². The molecule has 0 radical (unpaired) electrons. The van der Waals surface area contributed by atoms with Crippen LogP contribution in [0.5, 0.6) is 0 Å². The zero-order valence-corrected chi connectivity index (χ0v) is 13.3. The number of nitrogens with one attached hydrogen (secondary N) is 2. The smallest absolute Gasteiger partial charge is 0.326 e. The van der Waals surface area contributed by atoms with Crippen LogP contribution in [0.4, 0.5) is 24.5 Å². The number of anilines is 2. The van der Waals surface area contributed by atoms with Crippen LogP contribution >= 0.6 is 0 Å². The minimum Gasteiger partial charge on any atom is -0.326 e. The van der Waals surface area contributed by atoms with E-state index < -0.39 is 12.1 Å². The molecule has 2 amide bonds. The van der Waals surface area contributed by atoms with E-state index in [2.05, 4.69) is 5.32 Å². The molecule has 0 saturated heterocycles. The Kier molecular flexibility index (Phi) is 6.23. The average molecular weight is 342 g/mol. The zero-order valence-electron chi connectivity index (χ0n) is 13.3. The Labute approximate surface area is 138 Å². The van der Waals surface area contributed by atoms with E-state index in [4.69, 9.17) is 0 Å². The van der Waals surface area contributed by atoms with E-state index in [-0.39, 0.29) is 11.6 Å². The highest BCUT2D eigenvalue weighted by atomic mass is 19.4. The van der Waals surface area contributed by atoms with E-state index in [0.717, 1.165) is 6.42 Å². The summed E-state index contributed by atoms with van der Waals surface area (Å²) >= 11 is 0. The lowest BCUT2D eigenvalue weighted by molar-refractivity contribution is -0.167. The minimum absolute atomic E-state index is 0.0255. The molecule has 0 unspecified atom stereocenters. The first kappa shape index (κ1) is 18.3. The number of amides is 2. The monoisotopic (exact) mass is 342 g/mol. The van der Waals surface area contributed by atoms with Crippen LogP contribution in [0, 0.1) is 5.92 Å². The number of carbonyl (C=O) groups is 2. The van der Waals surface area contributed by atoms with Crippen LogP contribution in [0.3, 0.4) is 0 Å². The Balaban J connectivity index is 1.78. The lowest BCUT2D eigenvalue weighted by Crippen LogP contribution is -2.29. The maximum atomic E-state index is 12.2. The van der Waals surface area contributed by atoms with Gasteiger partial charge in [-0.15, -0.1) is 0 Å². The molecule has 0 bridgehead atoms. The summed E-state index contributed by atoms with van der Waals surface area (Å²) in [6, 6.07) is 5.57. The summed E-state index contributed by atoms with van der Waals surface area (Å²) in [4.78, 5) is 22.7. The van der Waals surface area contributed by atoms with Gasteiger partial charge in [0.05, 0.1) is 0 Å². The first-order valence-corrected chi connectivity index (χ1v) is 8.12. The van der Waals surface area contributed by atoms with Crippen LogP contribution in [-0.4, -0.2) is 18.0 Å². The van der Waals surface area contributed by atoms with Gasteiger partial charge in [-0.2, -0.15) is 13.2 Å². The predicted octanol–water partition coefficient (Wildman–Crippen LogP) is 4.49. The van der Waals surface area contributed by atoms with Crippen LogP contribution in [-0.2, 0) is 9.59 Å². The first-order chi connectivity index (χ1) is 11.3. The Bertz CT molecular complexity index is 564. The van der Waals surface area contributed by atoms with Crippen molar-refractivity contribution in [3.05, 3.63) is 24.3 Å². The Morgan fingerprint density at radius 1 is 0.958 bits per heavy atom. The molecule has 2 N–H and O–H groups in total. The van der Waals surface area contributed by atoms with Crippen LogP contribution in [0.15, 0.2) is 24.3 Å². The van der Waals surface area contributed by atoms with Crippen molar-refractivity contribution in [3.8, 4) is 0 Å². The van der Waals surface area contributed by atoms with Gasteiger partial charge in [0.2, 0.25) is 5.91 Å². The number of rotatable bonds is 5. The molecule has 132 valence electrons. The number of carbonyl (C=O) groups excluding carboxylic acids is 2. The molecule has 1 aliphatic rings. The summed E-state index contributed by atoms with van der Waals surface area (Å²) in [5.74, 6) is -1.51. The van der Waals surface area contributed by atoms with E-state index in [1.165, 1.54) is 56.4 Å². The molecule has 1 fully saturated rings. The first-order valence-electron chi connectivity index (χ1n) is 8.12. The third-order valence-electron chi connectivity index (χ3n) is 4.19. The van der Waals surface area contributed by atoms with E-state index in [1.807, 2.05) is 0 Å². The van der Waals surface area contributed by atoms with Gasteiger partial charge in [-0.05, 0) is 36.6 Å². The highest BCUT2D eigenvalue weighted by Gasteiger charge is 2.38. The molecule has 0 atom stereocenters. The van der Waals surface area contributed by atoms with E-state index in [9.17, 15) is 22.8 Å². The van der Waals surface area contributed by atoms with Gasteiger partial charge in [0, 0.05) is 17.8 Å². The number of alkyl halides is 3. The van der Waals surface area contributed by atoms with E-state index >= 15 is 0 Å². The number of halogens is 3. The van der Waals surface area contributed by atoms with Gasteiger partial charge in [-0.3, -0.25) is 9.59 Å².